The highest BCUT2D eigenvalue weighted by Gasteiger charge is 2.26. The summed E-state index contributed by atoms with van der Waals surface area (Å²) in [6.45, 7) is 2.73. The number of rotatable bonds is 6. The van der Waals surface area contributed by atoms with E-state index in [9.17, 15) is 0 Å². The van der Waals surface area contributed by atoms with Gasteiger partial charge in [0.25, 0.3) is 0 Å². The van der Waals surface area contributed by atoms with Gasteiger partial charge in [-0.25, -0.2) is 0 Å². The predicted molar refractivity (Wildman–Crippen MR) is 72.8 cm³/mol. The normalized spacial score (nSPS) is 25.4. The third-order valence-electron chi connectivity index (χ3n) is 4.21. The average molecular weight is 267 g/mol. The van der Waals surface area contributed by atoms with Crippen molar-refractivity contribution in [3.63, 3.8) is 0 Å². The minimum atomic E-state index is -0.0388. The van der Waals surface area contributed by atoms with Gasteiger partial charge >= 0.3 is 0 Å². The molecule has 1 fully saturated rings. The number of ether oxygens (including phenoxy) is 1. The standard InChI is InChI=1S/C14H25N3O2/c1-3-10-5-4-6-11(7-10)14-16-13(19-17-14)8-12(9-15)18-2/h10-12H,3-9,15H2,1-2H3. The van der Waals surface area contributed by atoms with E-state index in [2.05, 4.69) is 17.1 Å². The number of aromatic nitrogens is 2. The lowest BCUT2D eigenvalue weighted by atomic mass is 9.80. The van der Waals surface area contributed by atoms with E-state index in [0.29, 0.717) is 24.8 Å². The number of hydrogen-bond donors (Lipinski definition) is 1. The Bertz CT molecular complexity index is 377. The zero-order valence-electron chi connectivity index (χ0n) is 12.0. The maximum atomic E-state index is 5.60. The summed E-state index contributed by atoms with van der Waals surface area (Å²) in [6.07, 6.45) is 6.81. The molecule has 1 aromatic rings. The number of methoxy groups -OCH3 is 1. The van der Waals surface area contributed by atoms with Crippen LogP contribution in [-0.2, 0) is 11.2 Å². The van der Waals surface area contributed by atoms with Gasteiger partial charge in [0.05, 0.1) is 12.5 Å². The molecule has 0 aliphatic heterocycles. The highest BCUT2D eigenvalue weighted by Crippen LogP contribution is 2.36. The minimum absolute atomic E-state index is 0.0388. The van der Waals surface area contributed by atoms with E-state index < -0.39 is 0 Å². The van der Waals surface area contributed by atoms with Gasteiger partial charge in [0.1, 0.15) is 0 Å². The molecule has 0 bridgehead atoms. The Labute approximate surface area is 114 Å². The lowest BCUT2D eigenvalue weighted by molar-refractivity contribution is 0.102. The van der Waals surface area contributed by atoms with Gasteiger partial charge < -0.3 is 15.0 Å². The van der Waals surface area contributed by atoms with Gasteiger partial charge in [-0.3, -0.25) is 0 Å². The molecular weight excluding hydrogens is 242 g/mol. The zero-order chi connectivity index (χ0) is 13.7. The van der Waals surface area contributed by atoms with Crippen molar-refractivity contribution < 1.29 is 9.26 Å². The summed E-state index contributed by atoms with van der Waals surface area (Å²) in [5.41, 5.74) is 5.60. The van der Waals surface area contributed by atoms with Gasteiger partial charge in [-0.1, -0.05) is 31.3 Å². The summed E-state index contributed by atoms with van der Waals surface area (Å²) in [5, 5.41) is 4.15. The molecule has 0 spiro atoms. The van der Waals surface area contributed by atoms with Crippen LogP contribution in [0.1, 0.15) is 56.7 Å². The quantitative estimate of drug-likeness (QED) is 0.855. The van der Waals surface area contributed by atoms with Crippen LogP contribution in [0.15, 0.2) is 4.52 Å². The molecule has 1 aliphatic rings. The Kier molecular flexibility index (Phi) is 5.34. The third kappa shape index (κ3) is 3.76. The third-order valence-corrected chi connectivity index (χ3v) is 4.21. The molecule has 5 nitrogen and oxygen atoms in total. The zero-order valence-corrected chi connectivity index (χ0v) is 12.0. The van der Waals surface area contributed by atoms with Crippen LogP contribution in [0.4, 0.5) is 0 Å². The summed E-state index contributed by atoms with van der Waals surface area (Å²) in [6, 6.07) is 0. The van der Waals surface area contributed by atoms with Crippen molar-refractivity contribution in [3.05, 3.63) is 11.7 Å². The first-order valence-electron chi connectivity index (χ1n) is 7.32. The summed E-state index contributed by atoms with van der Waals surface area (Å²) in [4.78, 5) is 4.53. The largest absolute Gasteiger partial charge is 0.380 e. The van der Waals surface area contributed by atoms with E-state index in [1.54, 1.807) is 7.11 Å². The van der Waals surface area contributed by atoms with Gasteiger partial charge in [0, 0.05) is 19.6 Å². The van der Waals surface area contributed by atoms with Gasteiger partial charge in [0.2, 0.25) is 5.89 Å². The molecule has 1 saturated carbocycles. The number of hydrogen-bond acceptors (Lipinski definition) is 5. The first kappa shape index (κ1) is 14.5. The molecule has 0 aromatic carbocycles. The van der Waals surface area contributed by atoms with Gasteiger partial charge in [0.15, 0.2) is 5.82 Å². The molecule has 2 N–H and O–H groups in total. The SMILES string of the molecule is CCC1CCCC(c2noc(CC(CN)OC)n2)C1. The van der Waals surface area contributed by atoms with E-state index in [0.717, 1.165) is 11.7 Å². The lowest BCUT2D eigenvalue weighted by Crippen LogP contribution is -2.24. The van der Waals surface area contributed by atoms with Crippen LogP contribution in [0.5, 0.6) is 0 Å². The molecule has 2 rings (SSSR count). The van der Waals surface area contributed by atoms with Crippen molar-refractivity contribution in [2.45, 2.75) is 57.5 Å². The van der Waals surface area contributed by atoms with E-state index in [1.165, 1.54) is 32.1 Å². The Morgan fingerprint density at radius 2 is 2.32 bits per heavy atom. The van der Waals surface area contributed by atoms with E-state index in [4.69, 9.17) is 15.0 Å². The smallest absolute Gasteiger partial charge is 0.229 e. The monoisotopic (exact) mass is 267 g/mol. The Morgan fingerprint density at radius 3 is 3.00 bits per heavy atom. The minimum Gasteiger partial charge on any atom is -0.380 e. The second-order valence-electron chi connectivity index (χ2n) is 5.48. The molecule has 19 heavy (non-hydrogen) atoms. The summed E-state index contributed by atoms with van der Waals surface area (Å²) >= 11 is 0. The van der Waals surface area contributed by atoms with Gasteiger partial charge in [-0.05, 0) is 18.8 Å². The Hall–Kier alpha value is -0.940. The molecule has 0 amide bonds. The van der Waals surface area contributed by atoms with Crippen molar-refractivity contribution in [1.82, 2.24) is 10.1 Å². The molecular formula is C14H25N3O2. The van der Waals surface area contributed by atoms with Crippen LogP contribution in [0, 0.1) is 5.92 Å². The van der Waals surface area contributed by atoms with Crippen molar-refractivity contribution in [2.24, 2.45) is 11.7 Å². The molecule has 0 saturated heterocycles. The molecule has 3 unspecified atom stereocenters. The van der Waals surface area contributed by atoms with Crippen molar-refractivity contribution in [1.29, 1.82) is 0 Å². The van der Waals surface area contributed by atoms with Crippen LogP contribution in [0.2, 0.25) is 0 Å². The molecule has 1 heterocycles. The highest BCUT2D eigenvalue weighted by molar-refractivity contribution is 4.98. The molecule has 1 aromatic heterocycles. The maximum absolute atomic E-state index is 5.60. The first-order chi connectivity index (χ1) is 9.26. The summed E-state index contributed by atoms with van der Waals surface area (Å²) in [5.74, 6) is 2.80. The van der Waals surface area contributed by atoms with Crippen molar-refractivity contribution in [3.8, 4) is 0 Å². The molecule has 1 aliphatic carbocycles. The fourth-order valence-corrected chi connectivity index (χ4v) is 2.87. The second kappa shape index (κ2) is 7.01. The summed E-state index contributed by atoms with van der Waals surface area (Å²) < 4.78 is 10.6. The molecule has 5 heteroatoms. The van der Waals surface area contributed by atoms with E-state index in [1.807, 2.05) is 0 Å². The van der Waals surface area contributed by atoms with Crippen LogP contribution in [0.25, 0.3) is 0 Å². The van der Waals surface area contributed by atoms with Gasteiger partial charge in [-0.2, -0.15) is 4.98 Å². The predicted octanol–water partition coefficient (Wildman–Crippen LogP) is 2.27. The fraction of sp³-hybridized carbons (Fsp3) is 0.857. The first-order valence-corrected chi connectivity index (χ1v) is 7.32. The van der Waals surface area contributed by atoms with Crippen LogP contribution in [0.3, 0.4) is 0 Å². The van der Waals surface area contributed by atoms with Crippen molar-refractivity contribution in [2.75, 3.05) is 13.7 Å². The van der Waals surface area contributed by atoms with E-state index in [-0.39, 0.29) is 6.10 Å². The summed E-state index contributed by atoms with van der Waals surface area (Å²) in [7, 11) is 1.65. The number of nitrogens with two attached hydrogens (primary N) is 1. The van der Waals surface area contributed by atoms with Gasteiger partial charge in [-0.15, -0.1) is 0 Å². The van der Waals surface area contributed by atoms with Crippen LogP contribution >= 0.6 is 0 Å². The highest BCUT2D eigenvalue weighted by atomic mass is 16.5. The molecule has 3 atom stereocenters. The lowest BCUT2D eigenvalue weighted by Gasteiger charge is -2.26. The maximum Gasteiger partial charge on any atom is 0.229 e. The topological polar surface area (TPSA) is 74.2 Å². The Balaban J connectivity index is 1.96. The van der Waals surface area contributed by atoms with Crippen LogP contribution in [-0.4, -0.2) is 29.9 Å². The van der Waals surface area contributed by atoms with E-state index >= 15 is 0 Å². The number of nitrogens with zero attached hydrogens (tertiary/aromatic N) is 2. The molecule has 0 radical (unpaired) electrons. The Morgan fingerprint density at radius 1 is 1.47 bits per heavy atom. The molecule has 108 valence electrons. The van der Waals surface area contributed by atoms with Crippen molar-refractivity contribution >= 4 is 0 Å². The van der Waals surface area contributed by atoms with Crippen LogP contribution < -0.4 is 5.73 Å². The average Bonchev–Trinajstić information content (AvgIpc) is 2.93. The second-order valence-corrected chi connectivity index (χ2v) is 5.48. The fourth-order valence-electron chi connectivity index (χ4n) is 2.87.